The van der Waals surface area contributed by atoms with Crippen LogP contribution >= 0.6 is 15.9 Å². The number of benzene rings is 1. The molecule has 0 saturated carbocycles. The van der Waals surface area contributed by atoms with Crippen LogP contribution in [-0.4, -0.2) is 33.7 Å². The fourth-order valence-corrected chi connectivity index (χ4v) is 1.99. The summed E-state index contributed by atoms with van der Waals surface area (Å²) in [6, 6.07) is 11.2. The first kappa shape index (κ1) is 14.8. The third-order valence-corrected chi connectivity index (χ3v) is 3.26. The van der Waals surface area contributed by atoms with Crippen molar-refractivity contribution in [1.82, 2.24) is 14.7 Å². The van der Waals surface area contributed by atoms with Crippen LogP contribution in [0.25, 0.3) is 5.69 Å². The van der Waals surface area contributed by atoms with Gasteiger partial charge in [-0.2, -0.15) is 15.6 Å². The highest BCUT2D eigenvalue weighted by Crippen LogP contribution is 2.14. The van der Waals surface area contributed by atoms with Crippen LogP contribution in [0.3, 0.4) is 0 Å². The topological polar surface area (TPSA) is 85.7 Å². The zero-order chi connectivity index (χ0) is 15.2. The average molecular weight is 344 g/mol. The number of nitrogens with zero attached hydrogens (tertiary/aromatic N) is 5. The van der Waals surface area contributed by atoms with Crippen molar-refractivity contribution in [2.75, 3.05) is 13.1 Å². The molecule has 1 heterocycles. The van der Waals surface area contributed by atoms with Gasteiger partial charge in [0.1, 0.15) is 13.1 Å². The van der Waals surface area contributed by atoms with E-state index in [1.54, 1.807) is 10.9 Å². The molecule has 7 heteroatoms. The van der Waals surface area contributed by atoms with E-state index in [1.165, 1.54) is 11.1 Å². The number of rotatable bonds is 4. The smallest absolute Gasteiger partial charge is 0.258 e. The molecule has 1 aromatic heterocycles. The van der Waals surface area contributed by atoms with E-state index in [4.69, 9.17) is 10.5 Å². The van der Waals surface area contributed by atoms with Gasteiger partial charge in [0, 0.05) is 10.7 Å². The lowest BCUT2D eigenvalue weighted by atomic mass is 10.3. The van der Waals surface area contributed by atoms with Gasteiger partial charge in [-0.3, -0.25) is 4.79 Å². The fraction of sp³-hybridized carbons (Fsp3) is 0.143. The molecular weight excluding hydrogens is 334 g/mol. The summed E-state index contributed by atoms with van der Waals surface area (Å²) < 4.78 is 2.51. The van der Waals surface area contributed by atoms with Crippen LogP contribution in [0.5, 0.6) is 0 Å². The number of halogens is 1. The molecule has 0 bridgehead atoms. The first-order chi connectivity index (χ1) is 10.2. The van der Waals surface area contributed by atoms with E-state index in [-0.39, 0.29) is 19.0 Å². The lowest BCUT2D eigenvalue weighted by Gasteiger charge is -2.13. The molecule has 104 valence electrons. The molecule has 0 unspecified atom stereocenters. The quantitative estimate of drug-likeness (QED) is 0.795. The molecule has 0 atom stereocenters. The van der Waals surface area contributed by atoms with Crippen LogP contribution < -0.4 is 0 Å². The molecule has 0 saturated heterocycles. The van der Waals surface area contributed by atoms with Crippen molar-refractivity contribution < 1.29 is 4.79 Å². The maximum Gasteiger partial charge on any atom is 0.258 e. The highest BCUT2D eigenvalue weighted by atomic mass is 79.9. The number of nitriles is 2. The number of carbonyl (C=O) groups excluding carboxylic acids is 1. The largest absolute Gasteiger partial charge is 0.312 e. The van der Waals surface area contributed by atoms with Crippen LogP contribution in [0.4, 0.5) is 0 Å². The normalized spacial score (nSPS) is 9.67. The molecule has 1 aromatic carbocycles. The Bertz CT molecular complexity index is 707. The van der Waals surface area contributed by atoms with Crippen molar-refractivity contribution in [3.8, 4) is 17.8 Å². The Morgan fingerprint density at radius 3 is 2.43 bits per heavy atom. The van der Waals surface area contributed by atoms with Crippen molar-refractivity contribution in [3.05, 3.63) is 46.7 Å². The molecule has 0 aliphatic carbocycles. The number of aromatic nitrogens is 2. The minimum absolute atomic E-state index is 0.129. The summed E-state index contributed by atoms with van der Waals surface area (Å²) in [7, 11) is 0. The van der Waals surface area contributed by atoms with E-state index in [0.717, 1.165) is 10.2 Å². The molecule has 0 aliphatic rings. The molecule has 0 N–H and O–H groups in total. The first-order valence-corrected chi connectivity index (χ1v) is 6.79. The number of hydrogen-bond donors (Lipinski definition) is 0. The predicted octanol–water partition coefficient (Wildman–Crippen LogP) is 2.12. The third kappa shape index (κ3) is 3.47. The minimum atomic E-state index is -0.388. The second-order valence-corrected chi connectivity index (χ2v) is 5.04. The molecule has 0 aliphatic heterocycles. The lowest BCUT2D eigenvalue weighted by molar-refractivity contribution is 0.0794. The molecular formula is C14H10BrN5O. The Labute approximate surface area is 129 Å². The zero-order valence-corrected chi connectivity index (χ0v) is 12.5. The highest BCUT2D eigenvalue weighted by Gasteiger charge is 2.17. The van der Waals surface area contributed by atoms with Gasteiger partial charge in [0.15, 0.2) is 0 Å². The van der Waals surface area contributed by atoms with Crippen molar-refractivity contribution in [2.24, 2.45) is 0 Å². The minimum Gasteiger partial charge on any atom is -0.312 e. The van der Waals surface area contributed by atoms with E-state index in [1.807, 2.05) is 36.4 Å². The van der Waals surface area contributed by atoms with Crippen molar-refractivity contribution >= 4 is 21.8 Å². The van der Waals surface area contributed by atoms with Gasteiger partial charge in [0.2, 0.25) is 0 Å². The molecule has 6 nitrogen and oxygen atoms in total. The van der Waals surface area contributed by atoms with E-state index in [9.17, 15) is 4.79 Å². The summed E-state index contributed by atoms with van der Waals surface area (Å²) in [6.07, 6.45) is 3.00. The third-order valence-electron chi connectivity index (χ3n) is 2.73. The van der Waals surface area contributed by atoms with Crippen LogP contribution in [0.2, 0.25) is 0 Å². The summed E-state index contributed by atoms with van der Waals surface area (Å²) in [4.78, 5) is 13.4. The molecule has 1 amide bonds. The Morgan fingerprint density at radius 1 is 1.24 bits per heavy atom. The zero-order valence-electron chi connectivity index (χ0n) is 10.9. The summed E-state index contributed by atoms with van der Waals surface area (Å²) in [6.45, 7) is -0.258. The van der Waals surface area contributed by atoms with E-state index in [0.29, 0.717) is 5.56 Å². The van der Waals surface area contributed by atoms with E-state index >= 15 is 0 Å². The highest BCUT2D eigenvalue weighted by molar-refractivity contribution is 9.10. The SMILES string of the molecule is N#CCN(CC#N)C(=O)c1cnn(-c2ccc(Br)cc2)c1. The summed E-state index contributed by atoms with van der Waals surface area (Å²) in [5.74, 6) is -0.388. The van der Waals surface area contributed by atoms with Crippen molar-refractivity contribution in [1.29, 1.82) is 10.5 Å². The molecule has 21 heavy (non-hydrogen) atoms. The lowest BCUT2D eigenvalue weighted by Crippen LogP contribution is -2.31. The number of amides is 1. The second kappa shape index (κ2) is 6.69. The van der Waals surface area contributed by atoms with E-state index < -0.39 is 0 Å². The van der Waals surface area contributed by atoms with Crippen LogP contribution in [0.1, 0.15) is 10.4 Å². The maximum absolute atomic E-state index is 12.2. The molecule has 2 rings (SSSR count). The number of hydrogen-bond acceptors (Lipinski definition) is 4. The average Bonchev–Trinajstić information content (AvgIpc) is 2.97. The predicted molar refractivity (Wildman–Crippen MR) is 78.4 cm³/mol. The molecule has 2 aromatic rings. The van der Waals surface area contributed by atoms with Gasteiger partial charge in [0.05, 0.1) is 29.6 Å². The first-order valence-electron chi connectivity index (χ1n) is 5.99. The van der Waals surface area contributed by atoms with Crippen LogP contribution in [0, 0.1) is 22.7 Å². The standard InChI is InChI=1S/C14H10BrN5O/c15-12-1-3-13(4-2-12)20-10-11(9-18-20)14(21)19(7-5-16)8-6-17/h1-4,9-10H,7-8H2. The summed E-state index contributed by atoms with van der Waals surface area (Å²) in [5.41, 5.74) is 1.15. The fourth-order valence-electron chi connectivity index (χ4n) is 1.72. The summed E-state index contributed by atoms with van der Waals surface area (Å²) in [5, 5.41) is 21.5. The maximum atomic E-state index is 12.2. The van der Waals surface area contributed by atoms with E-state index in [2.05, 4.69) is 21.0 Å². The van der Waals surface area contributed by atoms with Crippen molar-refractivity contribution in [3.63, 3.8) is 0 Å². The Balaban J connectivity index is 2.23. The van der Waals surface area contributed by atoms with Gasteiger partial charge in [-0.15, -0.1) is 0 Å². The number of carbonyl (C=O) groups is 1. The molecule has 0 fully saturated rings. The van der Waals surface area contributed by atoms with Gasteiger partial charge in [-0.05, 0) is 24.3 Å². The van der Waals surface area contributed by atoms with Crippen LogP contribution in [0.15, 0.2) is 41.1 Å². The molecule has 0 radical (unpaired) electrons. The summed E-state index contributed by atoms with van der Waals surface area (Å²) >= 11 is 3.35. The van der Waals surface area contributed by atoms with Crippen molar-refractivity contribution in [2.45, 2.75) is 0 Å². The molecule has 0 spiro atoms. The van der Waals surface area contributed by atoms with Gasteiger partial charge in [-0.25, -0.2) is 4.68 Å². The van der Waals surface area contributed by atoms with Crippen LogP contribution in [-0.2, 0) is 0 Å². The van der Waals surface area contributed by atoms with Gasteiger partial charge >= 0.3 is 0 Å². The van der Waals surface area contributed by atoms with Gasteiger partial charge < -0.3 is 4.90 Å². The Morgan fingerprint density at radius 2 is 1.86 bits per heavy atom. The van der Waals surface area contributed by atoms with Gasteiger partial charge in [0.25, 0.3) is 5.91 Å². The second-order valence-electron chi connectivity index (χ2n) is 4.13. The Kier molecular flexibility index (Phi) is 4.70. The Hall–Kier alpha value is -2.64. The monoisotopic (exact) mass is 343 g/mol. The van der Waals surface area contributed by atoms with Gasteiger partial charge in [-0.1, -0.05) is 15.9 Å².